The summed E-state index contributed by atoms with van der Waals surface area (Å²) in [4.78, 5) is 52.0. The first-order valence-corrected chi connectivity index (χ1v) is 11.8. The summed E-state index contributed by atoms with van der Waals surface area (Å²) >= 11 is 7.27. The molecule has 1 heterocycles. The van der Waals surface area contributed by atoms with Crippen molar-refractivity contribution in [2.75, 3.05) is 19.0 Å². The summed E-state index contributed by atoms with van der Waals surface area (Å²) in [5.41, 5.74) is 0.445. The molecular formula is C21H22Br2N2O6. The fourth-order valence-electron chi connectivity index (χ4n) is 5.05. The lowest BCUT2D eigenvalue weighted by atomic mass is 9.81. The molecule has 0 radical (unpaired) electrons. The zero-order chi connectivity index (χ0) is 22.4. The van der Waals surface area contributed by atoms with Crippen LogP contribution in [0.4, 0.5) is 5.69 Å². The first-order valence-electron chi connectivity index (χ1n) is 10.0. The maximum atomic E-state index is 13.0. The number of para-hydroxylation sites is 2. The fourth-order valence-corrected chi connectivity index (χ4v) is 6.92. The van der Waals surface area contributed by atoms with Gasteiger partial charge in [0.25, 0.3) is 5.91 Å². The number of fused-ring (bicyclic) bond motifs is 5. The van der Waals surface area contributed by atoms with Crippen LogP contribution in [0, 0.1) is 23.7 Å². The number of alkyl halides is 2. The van der Waals surface area contributed by atoms with Gasteiger partial charge in [0, 0.05) is 9.65 Å². The Bertz CT molecular complexity index is 908. The number of methoxy groups -OCH3 is 1. The minimum atomic E-state index is -1.09. The zero-order valence-electron chi connectivity index (χ0n) is 16.9. The van der Waals surface area contributed by atoms with Crippen LogP contribution in [0.3, 0.4) is 0 Å². The van der Waals surface area contributed by atoms with Gasteiger partial charge in [0.2, 0.25) is 11.8 Å². The van der Waals surface area contributed by atoms with E-state index < -0.39 is 36.4 Å². The molecule has 0 spiro atoms. The van der Waals surface area contributed by atoms with Gasteiger partial charge in [-0.1, -0.05) is 44.0 Å². The highest BCUT2D eigenvalue weighted by molar-refractivity contribution is 9.12. The van der Waals surface area contributed by atoms with Crippen molar-refractivity contribution in [1.82, 2.24) is 4.90 Å². The molecule has 1 N–H and O–H groups in total. The second-order valence-electron chi connectivity index (χ2n) is 8.08. The molecule has 1 aromatic carbocycles. The van der Waals surface area contributed by atoms with Crippen molar-refractivity contribution in [3.8, 4) is 5.75 Å². The van der Waals surface area contributed by atoms with Crippen LogP contribution in [0.15, 0.2) is 24.3 Å². The van der Waals surface area contributed by atoms with E-state index in [-0.39, 0.29) is 33.3 Å². The molecule has 1 saturated heterocycles. The van der Waals surface area contributed by atoms with Crippen molar-refractivity contribution in [2.24, 2.45) is 23.7 Å². The van der Waals surface area contributed by atoms with Crippen LogP contribution < -0.4 is 10.1 Å². The van der Waals surface area contributed by atoms with Gasteiger partial charge >= 0.3 is 5.97 Å². The second-order valence-corrected chi connectivity index (χ2v) is 10.2. The molecule has 2 aliphatic carbocycles. The molecule has 7 atom stereocenters. The van der Waals surface area contributed by atoms with E-state index in [1.54, 1.807) is 24.3 Å². The molecule has 1 aliphatic heterocycles. The molecule has 2 bridgehead atoms. The molecule has 0 unspecified atom stereocenters. The summed E-state index contributed by atoms with van der Waals surface area (Å²) < 4.78 is 10.3. The normalized spacial score (nSPS) is 32.1. The predicted octanol–water partition coefficient (Wildman–Crippen LogP) is 2.34. The van der Waals surface area contributed by atoms with Gasteiger partial charge < -0.3 is 14.8 Å². The first-order chi connectivity index (χ1) is 14.8. The lowest BCUT2D eigenvalue weighted by Gasteiger charge is -2.28. The number of imide groups is 1. The molecule has 3 amide bonds. The maximum Gasteiger partial charge on any atom is 0.329 e. The summed E-state index contributed by atoms with van der Waals surface area (Å²) in [6, 6.07) is 5.75. The Hall–Kier alpha value is -1.94. The standard InChI is InChI=1S/C21H22Br2N2O6/c1-9(21(29)31-8-14(26)24-12-5-3-4-6-13(12)30-2)25-19(27)15-10-7-11(16(15)20(25)28)18(23)17(10)22/h3-6,9-11,15-18H,7-8H2,1-2H3,(H,24,26)/t9-,10+,11+,15+,16+,17-,18-/m0/s1. The second kappa shape index (κ2) is 8.54. The van der Waals surface area contributed by atoms with E-state index in [1.807, 2.05) is 0 Å². The van der Waals surface area contributed by atoms with Crippen molar-refractivity contribution in [2.45, 2.75) is 29.0 Å². The average Bonchev–Trinajstić information content (AvgIpc) is 3.36. The maximum absolute atomic E-state index is 13.0. The summed E-state index contributed by atoms with van der Waals surface area (Å²) in [5.74, 6) is -2.20. The number of rotatable bonds is 6. The van der Waals surface area contributed by atoms with Gasteiger partial charge in [-0.05, 0) is 37.3 Å². The Kier molecular flexibility index (Phi) is 6.13. The van der Waals surface area contributed by atoms with Gasteiger partial charge in [-0.2, -0.15) is 0 Å². The number of hydrogen-bond donors (Lipinski definition) is 1. The van der Waals surface area contributed by atoms with Crippen LogP contribution in [-0.2, 0) is 23.9 Å². The largest absolute Gasteiger partial charge is 0.495 e. The number of esters is 1. The van der Waals surface area contributed by atoms with Gasteiger partial charge in [-0.25, -0.2) is 4.79 Å². The van der Waals surface area contributed by atoms with Gasteiger partial charge in [-0.3, -0.25) is 19.3 Å². The third-order valence-corrected chi connectivity index (χ3v) is 9.68. The number of carbonyl (C=O) groups excluding carboxylic acids is 4. The summed E-state index contributed by atoms with van der Waals surface area (Å²) in [6.07, 6.45) is 0.814. The number of benzene rings is 1. The zero-order valence-corrected chi connectivity index (χ0v) is 20.1. The Balaban J connectivity index is 1.37. The SMILES string of the molecule is COc1ccccc1NC(=O)COC(=O)[C@H](C)N1C(=O)[C@@H]2[C@H]3C[C@@H]([C@H](Br)[C@H]3Br)[C@H]2C1=O. The molecule has 3 aliphatic rings. The molecule has 1 aromatic rings. The van der Waals surface area contributed by atoms with Gasteiger partial charge in [0.1, 0.15) is 11.8 Å². The summed E-state index contributed by atoms with van der Waals surface area (Å²) in [7, 11) is 1.48. The highest BCUT2D eigenvalue weighted by atomic mass is 79.9. The molecule has 3 fully saturated rings. The van der Waals surface area contributed by atoms with Crippen LogP contribution in [-0.4, -0.2) is 58.0 Å². The summed E-state index contributed by atoms with van der Waals surface area (Å²) in [6.45, 7) is 0.916. The van der Waals surface area contributed by atoms with E-state index in [0.29, 0.717) is 11.4 Å². The van der Waals surface area contributed by atoms with E-state index in [0.717, 1.165) is 11.3 Å². The third-order valence-electron chi connectivity index (χ3n) is 6.48. The van der Waals surface area contributed by atoms with Crippen LogP contribution in [0.1, 0.15) is 13.3 Å². The van der Waals surface area contributed by atoms with Gasteiger partial charge in [-0.15, -0.1) is 0 Å². The summed E-state index contributed by atoms with van der Waals surface area (Å²) in [5, 5.41) is 2.61. The van der Waals surface area contributed by atoms with E-state index in [4.69, 9.17) is 9.47 Å². The number of carbonyl (C=O) groups is 4. The molecule has 0 aromatic heterocycles. The fraction of sp³-hybridized carbons (Fsp3) is 0.524. The average molecular weight is 558 g/mol. The number of amides is 3. The van der Waals surface area contributed by atoms with Crippen molar-refractivity contribution >= 4 is 61.2 Å². The monoisotopic (exact) mass is 556 g/mol. The highest BCUT2D eigenvalue weighted by Crippen LogP contribution is 2.60. The van der Waals surface area contributed by atoms with Crippen molar-refractivity contribution in [1.29, 1.82) is 0 Å². The molecule has 2 saturated carbocycles. The van der Waals surface area contributed by atoms with E-state index in [2.05, 4.69) is 37.2 Å². The van der Waals surface area contributed by atoms with Crippen LogP contribution in [0.2, 0.25) is 0 Å². The van der Waals surface area contributed by atoms with E-state index >= 15 is 0 Å². The Morgan fingerprint density at radius 1 is 1.13 bits per heavy atom. The molecule has 4 rings (SSSR count). The topological polar surface area (TPSA) is 102 Å². The molecular weight excluding hydrogens is 536 g/mol. The Labute approximate surface area is 196 Å². The number of hydrogen-bond acceptors (Lipinski definition) is 6. The number of nitrogens with one attached hydrogen (secondary N) is 1. The number of likely N-dealkylation sites (tertiary alicyclic amines) is 1. The Morgan fingerprint density at radius 3 is 2.29 bits per heavy atom. The first kappa shape index (κ1) is 22.3. The number of nitrogens with zero attached hydrogens (tertiary/aromatic N) is 1. The number of anilines is 1. The lowest BCUT2D eigenvalue weighted by Crippen LogP contribution is -2.45. The van der Waals surface area contributed by atoms with E-state index in [9.17, 15) is 19.2 Å². The smallest absolute Gasteiger partial charge is 0.329 e. The van der Waals surface area contributed by atoms with Crippen LogP contribution in [0.5, 0.6) is 5.75 Å². The van der Waals surface area contributed by atoms with Gasteiger partial charge in [0.15, 0.2) is 6.61 Å². The molecule has 31 heavy (non-hydrogen) atoms. The third kappa shape index (κ3) is 3.67. The lowest BCUT2D eigenvalue weighted by molar-refractivity contribution is -0.159. The minimum absolute atomic E-state index is 0.0654. The van der Waals surface area contributed by atoms with Gasteiger partial charge in [0.05, 0.1) is 24.6 Å². The Morgan fingerprint density at radius 2 is 1.71 bits per heavy atom. The van der Waals surface area contributed by atoms with E-state index in [1.165, 1.54) is 14.0 Å². The number of ether oxygens (including phenoxy) is 2. The van der Waals surface area contributed by atoms with Crippen LogP contribution >= 0.6 is 31.9 Å². The van der Waals surface area contributed by atoms with Crippen molar-refractivity contribution < 1.29 is 28.7 Å². The predicted molar refractivity (Wildman–Crippen MR) is 118 cm³/mol. The highest BCUT2D eigenvalue weighted by Gasteiger charge is 2.67. The molecule has 166 valence electrons. The molecule has 8 nitrogen and oxygen atoms in total. The number of halogens is 2. The minimum Gasteiger partial charge on any atom is -0.495 e. The molecule has 10 heteroatoms. The van der Waals surface area contributed by atoms with Crippen LogP contribution in [0.25, 0.3) is 0 Å². The van der Waals surface area contributed by atoms with Crippen molar-refractivity contribution in [3.05, 3.63) is 24.3 Å². The quantitative estimate of drug-likeness (QED) is 0.327. The van der Waals surface area contributed by atoms with Crippen molar-refractivity contribution in [3.63, 3.8) is 0 Å².